The van der Waals surface area contributed by atoms with Gasteiger partial charge < -0.3 is 10.1 Å². The number of para-hydroxylation sites is 1. The summed E-state index contributed by atoms with van der Waals surface area (Å²) < 4.78 is 5.73. The van der Waals surface area contributed by atoms with Gasteiger partial charge in [0.2, 0.25) is 0 Å². The third-order valence-corrected chi connectivity index (χ3v) is 4.35. The summed E-state index contributed by atoms with van der Waals surface area (Å²) in [6.07, 6.45) is -0.652. The fourth-order valence-corrected chi connectivity index (χ4v) is 2.65. The van der Waals surface area contributed by atoms with Gasteiger partial charge in [-0.25, -0.2) is 0 Å². The predicted octanol–water partition coefficient (Wildman–Crippen LogP) is 4.91. The largest absolute Gasteiger partial charge is 0.481 e. The molecule has 0 saturated carbocycles. The Kier molecular flexibility index (Phi) is 4.91. The fourth-order valence-electron chi connectivity index (χ4n) is 2.53. The molecule has 3 rings (SSSR count). The third-order valence-electron chi connectivity index (χ3n) is 3.93. The molecular formula is C20H19ClN2O2. The number of carbonyl (C=O) groups excluding carboxylic acids is 1. The maximum absolute atomic E-state index is 12.5. The van der Waals surface area contributed by atoms with Gasteiger partial charge in [-0.1, -0.05) is 29.8 Å². The van der Waals surface area contributed by atoms with Crippen molar-refractivity contribution in [2.24, 2.45) is 0 Å². The average Bonchev–Trinajstić information content (AvgIpc) is 2.58. The maximum Gasteiger partial charge on any atom is 0.265 e. The van der Waals surface area contributed by atoms with E-state index in [4.69, 9.17) is 16.3 Å². The third kappa shape index (κ3) is 3.91. The van der Waals surface area contributed by atoms with E-state index in [1.807, 2.05) is 50.2 Å². The van der Waals surface area contributed by atoms with Crippen LogP contribution in [0.15, 0.2) is 48.5 Å². The number of ether oxygens (including phenoxy) is 1. The Morgan fingerprint density at radius 3 is 2.72 bits per heavy atom. The van der Waals surface area contributed by atoms with Crippen molar-refractivity contribution in [2.75, 3.05) is 5.32 Å². The van der Waals surface area contributed by atoms with Crippen LogP contribution in [0.4, 0.5) is 5.69 Å². The van der Waals surface area contributed by atoms with Gasteiger partial charge in [0.05, 0.1) is 11.2 Å². The molecule has 2 aromatic carbocycles. The van der Waals surface area contributed by atoms with Gasteiger partial charge in [0, 0.05) is 16.1 Å². The molecule has 0 spiro atoms. The van der Waals surface area contributed by atoms with Crippen molar-refractivity contribution >= 4 is 34.1 Å². The molecule has 3 aromatic rings. The van der Waals surface area contributed by atoms with E-state index in [0.717, 1.165) is 22.2 Å². The second-order valence-electron chi connectivity index (χ2n) is 5.99. The summed E-state index contributed by atoms with van der Waals surface area (Å²) in [6, 6.07) is 15.0. The summed E-state index contributed by atoms with van der Waals surface area (Å²) >= 11 is 6.01. The number of aromatic nitrogens is 1. The first-order chi connectivity index (χ1) is 11.9. The molecule has 25 heavy (non-hydrogen) atoms. The number of anilines is 1. The Morgan fingerprint density at radius 1 is 1.16 bits per heavy atom. The van der Waals surface area contributed by atoms with Crippen molar-refractivity contribution < 1.29 is 9.53 Å². The lowest BCUT2D eigenvalue weighted by molar-refractivity contribution is -0.122. The van der Waals surface area contributed by atoms with Crippen LogP contribution in [0.2, 0.25) is 5.02 Å². The van der Waals surface area contributed by atoms with Crippen LogP contribution in [0, 0.1) is 13.8 Å². The highest BCUT2D eigenvalue weighted by molar-refractivity contribution is 6.31. The van der Waals surface area contributed by atoms with Crippen LogP contribution in [-0.2, 0) is 4.79 Å². The fraction of sp³-hybridized carbons (Fsp3) is 0.200. The highest BCUT2D eigenvalue weighted by Gasteiger charge is 2.16. The predicted molar refractivity (Wildman–Crippen MR) is 101 cm³/mol. The van der Waals surface area contributed by atoms with E-state index in [9.17, 15) is 4.79 Å². The number of rotatable bonds is 4. The van der Waals surface area contributed by atoms with Crippen LogP contribution in [0.5, 0.6) is 5.75 Å². The molecule has 0 fully saturated rings. The van der Waals surface area contributed by atoms with Gasteiger partial charge in [0.15, 0.2) is 6.10 Å². The zero-order chi connectivity index (χ0) is 18.0. The number of hydrogen-bond donors (Lipinski definition) is 1. The lowest BCUT2D eigenvalue weighted by Crippen LogP contribution is -2.30. The highest BCUT2D eigenvalue weighted by Crippen LogP contribution is 2.24. The Bertz CT molecular complexity index is 940. The molecule has 0 aliphatic carbocycles. The number of amides is 1. The van der Waals surface area contributed by atoms with Crippen LogP contribution in [0.1, 0.15) is 18.2 Å². The zero-order valence-corrected chi connectivity index (χ0v) is 15.1. The number of pyridine rings is 1. The number of halogens is 1. The molecule has 128 valence electrons. The number of aryl methyl sites for hydroxylation is 2. The topological polar surface area (TPSA) is 51.2 Å². The van der Waals surface area contributed by atoms with E-state index in [2.05, 4.69) is 10.3 Å². The quantitative estimate of drug-likeness (QED) is 0.724. The van der Waals surface area contributed by atoms with Crippen molar-refractivity contribution in [1.82, 2.24) is 4.98 Å². The molecule has 0 saturated heterocycles. The Morgan fingerprint density at radius 2 is 1.96 bits per heavy atom. The van der Waals surface area contributed by atoms with Crippen molar-refractivity contribution in [3.8, 4) is 5.75 Å². The monoisotopic (exact) mass is 354 g/mol. The van der Waals surface area contributed by atoms with Crippen LogP contribution in [0.3, 0.4) is 0 Å². The molecule has 0 aliphatic heterocycles. The number of nitrogens with zero attached hydrogens (tertiary/aromatic N) is 1. The van der Waals surface area contributed by atoms with Gasteiger partial charge in [-0.15, -0.1) is 0 Å². The Labute approximate surface area is 151 Å². The maximum atomic E-state index is 12.5. The van der Waals surface area contributed by atoms with Gasteiger partial charge in [-0.2, -0.15) is 0 Å². The van der Waals surface area contributed by atoms with Gasteiger partial charge in [0.1, 0.15) is 5.75 Å². The van der Waals surface area contributed by atoms with Crippen LogP contribution < -0.4 is 10.1 Å². The smallest absolute Gasteiger partial charge is 0.265 e. The molecule has 0 radical (unpaired) electrons. The van der Waals surface area contributed by atoms with Crippen LogP contribution >= 0.6 is 11.6 Å². The lowest BCUT2D eigenvalue weighted by Gasteiger charge is -2.16. The number of fused-ring (bicyclic) bond motifs is 1. The van der Waals surface area contributed by atoms with Gasteiger partial charge >= 0.3 is 0 Å². The lowest BCUT2D eigenvalue weighted by atomic mass is 10.1. The minimum absolute atomic E-state index is 0.233. The second-order valence-corrected chi connectivity index (χ2v) is 6.40. The molecule has 0 aliphatic rings. The standard InChI is InChI=1S/C20H19ClN2O2/c1-12-11-16(9-10-17(12)21)25-14(3)20(24)23-18-6-4-5-15-8-7-13(2)22-19(15)18/h4-11,14H,1-3H3,(H,23,24)/t14-/m0/s1. The van der Waals surface area contributed by atoms with Crippen LogP contribution in [-0.4, -0.2) is 17.0 Å². The van der Waals surface area contributed by atoms with Gasteiger partial charge in [0.25, 0.3) is 5.91 Å². The van der Waals surface area contributed by atoms with Crippen molar-refractivity contribution in [3.63, 3.8) is 0 Å². The Balaban J connectivity index is 1.77. The van der Waals surface area contributed by atoms with E-state index in [1.165, 1.54) is 0 Å². The first kappa shape index (κ1) is 17.2. The normalized spacial score (nSPS) is 12.0. The molecule has 1 aromatic heterocycles. The molecule has 0 unspecified atom stereocenters. The van der Waals surface area contributed by atoms with Crippen molar-refractivity contribution in [1.29, 1.82) is 0 Å². The summed E-state index contributed by atoms with van der Waals surface area (Å²) in [5.41, 5.74) is 3.25. The number of hydrogen-bond acceptors (Lipinski definition) is 3. The molecule has 1 amide bonds. The van der Waals surface area contributed by atoms with E-state index < -0.39 is 6.10 Å². The van der Waals surface area contributed by atoms with Crippen molar-refractivity contribution in [3.05, 3.63) is 64.8 Å². The summed E-state index contributed by atoms with van der Waals surface area (Å²) in [5.74, 6) is 0.375. The SMILES string of the molecule is Cc1ccc2cccc(NC(=O)[C@H](C)Oc3ccc(Cl)c(C)c3)c2n1. The summed E-state index contributed by atoms with van der Waals surface area (Å²) in [7, 11) is 0. The number of benzene rings is 2. The molecule has 1 atom stereocenters. The summed E-state index contributed by atoms with van der Waals surface area (Å²) in [5, 5.41) is 4.55. The van der Waals surface area contributed by atoms with E-state index >= 15 is 0 Å². The highest BCUT2D eigenvalue weighted by atomic mass is 35.5. The van der Waals surface area contributed by atoms with E-state index in [0.29, 0.717) is 16.5 Å². The first-order valence-electron chi connectivity index (χ1n) is 8.04. The molecule has 1 N–H and O–H groups in total. The minimum atomic E-state index is -0.652. The van der Waals surface area contributed by atoms with Crippen molar-refractivity contribution in [2.45, 2.75) is 26.9 Å². The van der Waals surface area contributed by atoms with Gasteiger partial charge in [-0.05, 0) is 56.7 Å². The molecular weight excluding hydrogens is 336 g/mol. The molecule has 0 bridgehead atoms. The van der Waals surface area contributed by atoms with E-state index in [1.54, 1.807) is 19.1 Å². The van der Waals surface area contributed by atoms with Crippen LogP contribution in [0.25, 0.3) is 10.9 Å². The van der Waals surface area contributed by atoms with E-state index in [-0.39, 0.29) is 5.91 Å². The molecule has 5 heteroatoms. The first-order valence-corrected chi connectivity index (χ1v) is 8.42. The summed E-state index contributed by atoms with van der Waals surface area (Å²) in [6.45, 7) is 5.53. The number of nitrogens with one attached hydrogen (secondary N) is 1. The summed E-state index contributed by atoms with van der Waals surface area (Å²) in [4.78, 5) is 17.0. The van der Waals surface area contributed by atoms with Gasteiger partial charge in [-0.3, -0.25) is 9.78 Å². The number of carbonyl (C=O) groups is 1. The molecule has 4 nitrogen and oxygen atoms in total. The second kappa shape index (κ2) is 7.11. The average molecular weight is 355 g/mol. The Hall–Kier alpha value is -2.59. The minimum Gasteiger partial charge on any atom is -0.481 e. The zero-order valence-electron chi connectivity index (χ0n) is 14.3. The molecule has 1 heterocycles.